The molecule has 0 radical (unpaired) electrons. The van der Waals surface area contributed by atoms with Crippen LogP contribution in [-0.2, 0) is 37.6 Å². The molecule has 6 atom stereocenters. The highest BCUT2D eigenvalue weighted by atomic mass is 35.7. The van der Waals surface area contributed by atoms with Gasteiger partial charge in [0.15, 0.2) is 5.79 Å². The topological polar surface area (TPSA) is 379 Å². The largest absolute Gasteiger partial charge is 0.394 e. The number of halogens is 1. The van der Waals surface area contributed by atoms with Crippen molar-refractivity contribution >= 4 is 74.7 Å². The minimum Gasteiger partial charge on any atom is -0.394 e. The summed E-state index contributed by atoms with van der Waals surface area (Å²) in [5, 5.41) is 63.4. The number of nitrogens with zero attached hydrogens (tertiary/aromatic N) is 8. The Bertz CT molecular complexity index is 3210. The standard InChI is InChI=1S/C21H30N3O5P.2C11H11NO5.C9H18ClN2OP.C8H5NO3.C6H12O3/c1-7-17(29-30(28-13-12-22-6)24(15(2)3)16(4)5)14-27-23-20(25)18-10-8-9-11-19(18)21(23)26;2*13-5-7(14)6-17-12-10(15)8-3-1-2-4-9(8)11(12)16;1-8(2)12(9(3)4)14(10)13-7-5-6-11;10-7-5-3-1-2-4-6(5)8(11)9(7)12;1-6(2)8-4-5(3-7)9-6/h8-11,15-17H,7,12-14H2,1-5H3;2*1-4,7,13-14H,5-6H2;8-9H,5,7H2,1-4H3;1-4,12H;5,7H,3-4H2,1-2H3. The molecular formula is C66H87ClN8O22P2. The number of amides is 8. The normalized spacial score (nSPS) is 17.1. The predicted octanol–water partition coefficient (Wildman–Crippen LogP) is 7.73. The second-order valence-corrected chi connectivity index (χ2v) is 26.6. The first-order valence-electron chi connectivity index (χ1n) is 31.4. The zero-order chi connectivity index (χ0) is 73.8. The van der Waals surface area contributed by atoms with Gasteiger partial charge in [0.1, 0.15) is 44.7 Å². The number of hydrogen-bond acceptors (Lipinski definition) is 25. The monoisotopic (exact) mass is 1440 g/mol. The average Bonchev–Trinajstić information content (AvgIpc) is 1.67. The second kappa shape index (κ2) is 41.6. The van der Waals surface area contributed by atoms with E-state index < -0.39 is 94.6 Å². The van der Waals surface area contributed by atoms with E-state index >= 15 is 0 Å². The third-order valence-corrected chi connectivity index (χ3v) is 18.6. The van der Waals surface area contributed by atoms with Gasteiger partial charge in [-0.05, 0) is 135 Å². The number of nitriles is 1. The van der Waals surface area contributed by atoms with Gasteiger partial charge in [0.2, 0.25) is 14.2 Å². The van der Waals surface area contributed by atoms with Crippen molar-refractivity contribution in [2.45, 2.75) is 143 Å². The zero-order valence-corrected chi connectivity index (χ0v) is 59.5. The van der Waals surface area contributed by atoms with E-state index in [4.69, 9.17) is 91.4 Å². The summed E-state index contributed by atoms with van der Waals surface area (Å²) in [5.41, 5.74) is 2.29. The van der Waals surface area contributed by atoms with Gasteiger partial charge in [-0.2, -0.15) is 5.26 Å². The Morgan fingerprint density at radius 3 is 1.21 bits per heavy atom. The highest BCUT2D eigenvalue weighted by molar-refractivity contribution is 7.78. The lowest BCUT2D eigenvalue weighted by Crippen LogP contribution is -2.37. The number of benzene rings is 4. The van der Waals surface area contributed by atoms with E-state index in [0.29, 0.717) is 59.4 Å². The van der Waals surface area contributed by atoms with Crippen LogP contribution in [0.2, 0.25) is 0 Å². The van der Waals surface area contributed by atoms with Crippen molar-refractivity contribution < 1.29 is 107 Å². The van der Waals surface area contributed by atoms with Gasteiger partial charge in [0, 0.05) is 24.2 Å². The summed E-state index contributed by atoms with van der Waals surface area (Å²) >= 11 is 6.13. The van der Waals surface area contributed by atoms with Gasteiger partial charge in [-0.25, -0.2) is 15.9 Å². The molecule has 33 heteroatoms. The summed E-state index contributed by atoms with van der Waals surface area (Å²) < 4.78 is 32.2. The van der Waals surface area contributed by atoms with E-state index in [-0.39, 0.29) is 102 Å². The van der Waals surface area contributed by atoms with Crippen LogP contribution in [0.15, 0.2) is 97.1 Å². The summed E-state index contributed by atoms with van der Waals surface area (Å²) in [6.45, 7) is 29.1. The number of hydroxylamine groups is 8. The summed E-state index contributed by atoms with van der Waals surface area (Å²) in [6, 6.07) is 28.8. The van der Waals surface area contributed by atoms with Gasteiger partial charge in [-0.15, -0.1) is 20.3 Å². The number of aliphatic hydroxyl groups excluding tert-OH is 5. The lowest BCUT2D eigenvalue weighted by Gasteiger charge is -2.37. The molecule has 5 heterocycles. The molecule has 4 aromatic rings. The molecule has 99 heavy (non-hydrogen) atoms. The number of hydrogen-bond donors (Lipinski definition) is 6. The molecule has 540 valence electrons. The molecule has 9 rings (SSSR count). The number of aliphatic hydroxyl groups is 5. The van der Waals surface area contributed by atoms with E-state index in [0.717, 1.165) is 5.06 Å². The SMILES string of the molecule is CC(C)N(C(C)C)P(Cl)OCCC#N.CC1(C)OCC(CO)O1.O=C1c2ccccc2C(=O)N1O.O=C1c2ccccc2C(=O)N1OCC(O)CO.O=C1c2ccccc2C(=O)N1OCC(O)CO.[C-]#[N+]CCOP(OC(CC)CON1C(=O)c2ccccc2C1=O)N(C(C)C)C(C)C. The molecule has 0 aromatic heterocycles. The molecule has 30 nitrogen and oxygen atoms in total. The third kappa shape index (κ3) is 24.0. The molecule has 0 spiro atoms. The quantitative estimate of drug-likeness (QED) is 0.0109. The van der Waals surface area contributed by atoms with Crippen LogP contribution in [0, 0.1) is 17.9 Å². The Kier molecular flexibility index (Phi) is 35.5. The smallest absolute Gasteiger partial charge is 0.285 e. The van der Waals surface area contributed by atoms with Crippen LogP contribution >= 0.6 is 27.4 Å². The zero-order valence-electron chi connectivity index (χ0n) is 56.9. The maximum Gasteiger partial charge on any atom is 0.285 e. The summed E-state index contributed by atoms with van der Waals surface area (Å²) in [7, 11) is -2.51. The maximum atomic E-state index is 12.5. The van der Waals surface area contributed by atoms with Crippen LogP contribution in [0.25, 0.3) is 4.85 Å². The van der Waals surface area contributed by atoms with Gasteiger partial charge in [-0.3, -0.25) is 58.1 Å². The summed E-state index contributed by atoms with van der Waals surface area (Å²) in [5.74, 6) is -4.98. The van der Waals surface area contributed by atoms with Crippen LogP contribution < -0.4 is 0 Å². The van der Waals surface area contributed by atoms with Crippen LogP contribution in [0.1, 0.15) is 172 Å². The second-order valence-electron chi connectivity index (χ2n) is 23.2. The van der Waals surface area contributed by atoms with Crippen LogP contribution in [0.4, 0.5) is 0 Å². The van der Waals surface area contributed by atoms with Crippen molar-refractivity contribution in [3.8, 4) is 6.07 Å². The van der Waals surface area contributed by atoms with E-state index in [1.165, 1.54) is 36.4 Å². The molecule has 5 aliphatic heterocycles. The molecule has 0 aliphatic carbocycles. The fraction of sp³-hybridized carbons (Fsp3) is 0.485. The molecule has 6 unspecified atom stereocenters. The Labute approximate surface area is 582 Å². The molecule has 4 aromatic carbocycles. The molecule has 0 saturated carbocycles. The van der Waals surface area contributed by atoms with Crippen LogP contribution in [0.3, 0.4) is 0 Å². The number of fused-ring (bicyclic) bond motifs is 4. The van der Waals surface area contributed by atoms with Crippen molar-refractivity contribution in [2.24, 2.45) is 0 Å². The van der Waals surface area contributed by atoms with Crippen molar-refractivity contribution in [1.82, 2.24) is 29.6 Å². The van der Waals surface area contributed by atoms with Gasteiger partial charge < -0.3 is 53.4 Å². The first-order valence-corrected chi connectivity index (χ1v) is 34.7. The van der Waals surface area contributed by atoms with Gasteiger partial charge in [0.25, 0.3) is 55.8 Å². The first kappa shape index (κ1) is 84.3. The lowest BCUT2D eigenvalue weighted by molar-refractivity contribution is -0.142. The fourth-order valence-electron chi connectivity index (χ4n) is 9.30. The molecule has 5 aliphatic rings. The molecule has 8 amide bonds. The van der Waals surface area contributed by atoms with Crippen LogP contribution in [-0.4, -0.2) is 228 Å². The summed E-state index contributed by atoms with van der Waals surface area (Å²) in [4.78, 5) is 113. The summed E-state index contributed by atoms with van der Waals surface area (Å²) in [6.07, 6.45) is -1.75. The highest BCUT2D eigenvalue weighted by Crippen LogP contribution is 2.50. The number of carbonyl (C=O) groups excluding carboxylic acids is 8. The maximum absolute atomic E-state index is 12.5. The third-order valence-electron chi connectivity index (χ3n) is 13.9. The number of rotatable bonds is 27. The molecule has 6 N–H and O–H groups in total. The number of imide groups is 4. The average molecular weight is 1440 g/mol. The number of ether oxygens (including phenoxy) is 2. The van der Waals surface area contributed by atoms with E-state index in [1.54, 1.807) is 60.7 Å². The van der Waals surface area contributed by atoms with Crippen molar-refractivity contribution in [2.75, 3.05) is 66.0 Å². The Morgan fingerprint density at radius 1 is 0.596 bits per heavy atom. The fourth-order valence-corrected chi connectivity index (χ4v) is 13.4. The molecule has 1 fully saturated rings. The molecule has 0 bridgehead atoms. The Hall–Kier alpha value is -7.07. The molecular weight excluding hydrogens is 1350 g/mol. The van der Waals surface area contributed by atoms with Gasteiger partial charge in [-0.1, -0.05) is 55.5 Å². The van der Waals surface area contributed by atoms with E-state index in [1.807, 2.05) is 26.8 Å². The van der Waals surface area contributed by atoms with Crippen molar-refractivity contribution in [3.05, 3.63) is 153 Å². The Balaban J connectivity index is 0.000000263. The minimum atomic E-state index is -1.43. The number of carbonyl (C=O) groups is 8. The predicted molar refractivity (Wildman–Crippen MR) is 358 cm³/mol. The minimum absolute atomic E-state index is 0.0387. The first-order chi connectivity index (χ1) is 47.0. The van der Waals surface area contributed by atoms with Gasteiger partial charge in [0.05, 0.1) is 96.1 Å². The van der Waals surface area contributed by atoms with Crippen molar-refractivity contribution in [1.29, 1.82) is 5.26 Å². The molecule has 1 saturated heterocycles. The lowest BCUT2D eigenvalue weighted by atomic mass is 10.1. The van der Waals surface area contributed by atoms with E-state index in [9.17, 15) is 38.4 Å². The van der Waals surface area contributed by atoms with Gasteiger partial charge >= 0.3 is 0 Å². The van der Waals surface area contributed by atoms with E-state index in [2.05, 4.69) is 69.6 Å². The Morgan fingerprint density at radius 2 is 0.939 bits per heavy atom. The highest BCUT2D eigenvalue weighted by Gasteiger charge is 2.41. The van der Waals surface area contributed by atoms with Crippen molar-refractivity contribution in [3.63, 3.8) is 0 Å². The van der Waals surface area contributed by atoms with Crippen LogP contribution in [0.5, 0.6) is 0 Å².